The van der Waals surface area contributed by atoms with Crippen LogP contribution in [0.4, 0.5) is 0 Å². The fourth-order valence-electron chi connectivity index (χ4n) is 1.40. The number of nitrogens with two attached hydrogens (primary N) is 1. The predicted octanol–water partition coefficient (Wildman–Crippen LogP) is 1.20. The van der Waals surface area contributed by atoms with Gasteiger partial charge in [-0.2, -0.15) is 0 Å². The molecular formula is C12H23N3O2S. The molecule has 1 aromatic heterocycles. The first kappa shape index (κ1) is 15.2. The molecule has 1 unspecified atom stereocenters. The molecule has 0 amide bonds. The Morgan fingerprint density at radius 1 is 1.44 bits per heavy atom. The summed E-state index contributed by atoms with van der Waals surface area (Å²) in [5.41, 5.74) is 6.21. The van der Waals surface area contributed by atoms with E-state index in [1.807, 2.05) is 27.7 Å². The zero-order valence-electron chi connectivity index (χ0n) is 11.7. The van der Waals surface area contributed by atoms with E-state index in [1.54, 1.807) is 23.9 Å². The van der Waals surface area contributed by atoms with Gasteiger partial charge >= 0.3 is 0 Å². The molecule has 6 heteroatoms. The molecule has 5 nitrogen and oxygen atoms in total. The first-order valence-electron chi connectivity index (χ1n) is 5.95. The van der Waals surface area contributed by atoms with Crippen LogP contribution in [0.5, 0.6) is 0 Å². The van der Waals surface area contributed by atoms with Gasteiger partial charge in [0.05, 0.1) is 4.90 Å². The van der Waals surface area contributed by atoms with Crippen LogP contribution in [0, 0.1) is 5.41 Å². The first-order valence-corrected chi connectivity index (χ1v) is 7.44. The summed E-state index contributed by atoms with van der Waals surface area (Å²) >= 11 is 0. The molecular weight excluding hydrogens is 250 g/mol. The molecule has 18 heavy (non-hydrogen) atoms. The topological polar surface area (TPSA) is 77.1 Å². The number of rotatable bonds is 4. The highest BCUT2D eigenvalue weighted by Gasteiger charge is 2.26. The van der Waals surface area contributed by atoms with Gasteiger partial charge in [-0.1, -0.05) is 20.8 Å². The van der Waals surface area contributed by atoms with Crippen LogP contribution in [0.3, 0.4) is 0 Å². The number of hydrogen-bond acceptors (Lipinski definition) is 3. The molecule has 0 fully saturated rings. The predicted molar refractivity (Wildman–Crippen MR) is 72.5 cm³/mol. The molecule has 0 spiro atoms. The maximum absolute atomic E-state index is 12.2. The molecule has 1 heterocycles. The van der Waals surface area contributed by atoms with Gasteiger partial charge in [0.2, 0.25) is 10.0 Å². The average molecular weight is 273 g/mol. The van der Waals surface area contributed by atoms with Crippen LogP contribution in [0.2, 0.25) is 0 Å². The van der Waals surface area contributed by atoms with E-state index in [2.05, 4.69) is 4.72 Å². The lowest BCUT2D eigenvalue weighted by Crippen LogP contribution is -2.41. The largest absolute Gasteiger partial charge is 0.352 e. The quantitative estimate of drug-likeness (QED) is 0.865. The van der Waals surface area contributed by atoms with Crippen molar-refractivity contribution >= 4 is 10.0 Å². The Labute approximate surface area is 109 Å². The number of aromatic nitrogens is 1. The number of aryl methyl sites for hydroxylation is 1. The summed E-state index contributed by atoms with van der Waals surface area (Å²) < 4.78 is 28.8. The first-order chi connectivity index (χ1) is 8.08. The third-order valence-corrected chi connectivity index (χ3v) is 4.74. The van der Waals surface area contributed by atoms with Crippen molar-refractivity contribution in [1.29, 1.82) is 0 Å². The van der Waals surface area contributed by atoms with E-state index < -0.39 is 10.0 Å². The third kappa shape index (κ3) is 3.34. The van der Waals surface area contributed by atoms with Crippen LogP contribution < -0.4 is 10.5 Å². The summed E-state index contributed by atoms with van der Waals surface area (Å²) in [6.45, 7) is 8.18. The van der Waals surface area contributed by atoms with Gasteiger partial charge in [0.1, 0.15) is 0 Å². The van der Waals surface area contributed by atoms with Crippen LogP contribution in [-0.4, -0.2) is 19.0 Å². The van der Waals surface area contributed by atoms with Crippen LogP contribution >= 0.6 is 0 Å². The minimum absolute atomic E-state index is 0.126. The second kappa shape index (κ2) is 5.03. The van der Waals surface area contributed by atoms with Gasteiger partial charge in [0, 0.05) is 31.5 Å². The Morgan fingerprint density at radius 2 is 2.00 bits per heavy atom. The molecule has 0 saturated carbocycles. The van der Waals surface area contributed by atoms with Gasteiger partial charge in [-0.05, 0) is 18.4 Å². The maximum atomic E-state index is 12.2. The van der Waals surface area contributed by atoms with Crippen molar-refractivity contribution in [3.05, 3.63) is 18.0 Å². The SMILES string of the molecule is CC(NS(=O)(=O)c1cc(CN)n(C)c1)C(C)(C)C. The number of nitrogens with one attached hydrogen (secondary N) is 1. The molecule has 0 bridgehead atoms. The van der Waals surface area contributed by atoms with Gasteiger partial charge in [-0.25, -0.2) is 13.1 Å². The molecule has 0 aliphatic carbocycles. The standard InChI is InChI=1S/C12H23N3O2S/c1-9(12(2,3)4)14-18(16,17)11-6-10(7-13)15(5)8-11/h6,8-9,14H,7,13H2,1-5H3. The molecule has 0 saturated heterocycles. The fourth-order valence-corrected chi connectivity index (χ4v) is 2.95. The van der Waals surface area contributed by atoms with Gasteiger partial charge in [0.15, 0.2) is 0 Å². The summed E-state index contributed by atoms with van der Waals surface area (Å²) in [6, 6.07) is 1.46. The minimum Gasteiger partial charge on any atom is -0.352 e. The fraction of sp³-hybridized carbons (Fsp3) is 0.667. The highest BCUT2D eigenvalue weighted by Crippen LogP contribution is 2.21. The van der Waals surface area contributed by atoms with Gasteiger partial charge < -0.3 is 10.3 Å². The zero-order chi connectivity index (χ0) is 14.1. The molecule has 104 valence electrons. The lowest BCUT2D eigenvalue weighted by Gasteiger charge is -2.27. The maximum Gasteiger partial charge on any atom is 0.242 e. The number of sulfonamides is 1. The Morgan fingerprint density at radius 3 is 2.39 bits per heavy atom. The average Bonchev–Trinajstić information content (AvgIpc) is 2.58. The van der Waals surface area contributed by atoms with Crippen LogP contribution in [0.15, 0.2) is 17.2 Å². The van der Waals surface area contributed by atoms with E-state index in [-0.39, 0.29) is 16.4 Å². The molecule has 1 atom stereocenters. The molecule has 0 aliphatic heterocycles. The Hall–Kier alpha value is -0.850. The Bertz CT molecular complexity index is 512. The van der Waals surface area contributed by atoms with Crippen molar-refractivity contribution in [2.45, 2.75) is 45.2 Å². The molecule has 0 aromatic carbocycles. The van der Waals surface area contributed by atoms with E-state index in [0.29, 0.717) is 6.54 Å². The van der Waals surface area contributed by atoms with Gasteiger partial charge in [-0.3, -0.25) is 0 Å². The summed E-state index contributed by atoms with van der Waals surface area (Å²) in [4.78, 5) is 0.265. The van der Waals surface area contributed by atoms with Crippen LogP contribution in [0.25, 0.3) is 0 Å². The Kier molecular flexibility index (Phi) is 4.25. The highest BCUT2D eigenvalue weighted by molar-refractivity contribution is 7.89. The highest BCUT2D eigenvalue weighted by atomic mass is 32.2. The van der Waals surface area contributed by atoms with E-state index in [1.165, 1.54) is 0 Å². The molecule has 0 aliphatic rings. The summed E-state index contributed by atoms with van der Waals surface area (Å²) in [5, 5.41) is 0. The second-order valence-electron chi connectivity index (χ2n) is 5.69. The molecule has 0 radical (unpaired) electrons. The van der Waals surface area contributed by atoms with Gasteiger partial charge in [0.25, 0.3) is 0 Å². The van der Waals surface area contributed by atoms with Crippen molar-refractivity contribution in [3.8, 4) is 0 Å². The smallest absolute Gasteiger partial charge is 0.242 e. The minimum atomic E-state index is -3.48. The lowest BCUT2D eigenvalue weighted by molar-refractivity contribution is 0.317. The normalized spacial score (nSPS) is 14.8. The van der Waals surface area contributed by atoms with Gasteiger partial charge in [-0.15, -0.1) is 0 Å². The van der Waals surface area contributed by atoms with Crippen molar-refractivity contribution in [2.24, 2.45) is 18.2 Å². The van der Waals surface area contributed by atoms with E-state index in [0.717, 1.165) is 5.69 Å². The van der Waals surface area contributed by atoms with Crippen LogP contribution in [-0.2, 0) is 23.6 Å². The van der Waals surface area contributed by atoms with Crippen molar-refractivity contribution in [1.82, 2.24) is 9.29 Å². The molecule has 1 rings (SSSR count). The van der Waals surface area contributed by atoms with E-state index in [4.69, 9.17) is 5.73 Å². The Balaban J connectivity index is 3.00. The van der Waals surface area contributed by atoms with Crippen molar-refractivity contribution in [2.75, 3.05) is 0 Å². The van der Waals surface area contributed by atoms with Crippen LogP contribution in [0.1, 0.15) is 33.4 Å². The monoisotopic (exact) mass is 273 g/mol. The summed E-state index contributed by atoms with van der Waals surface area (Å²) in [6.07, 6.45) is 1.58. The third-order valence-electron chi connectivity index (χ3n) is 3.23. The summed E-state index contributed by atoms with van der Waals surface area (Å²) in [5.74, 6) is 0. The lowest BCUT2D eigenvalue weighted by atomic mass is 9.89. The molecule has 1 aromatic rings. The number of hydrogen-bond donors (Lipinski definition) is 2. The van der Waals surface area contributed by atoms with E-state index in [9.17, 15) is 8.42 Å². The molecule has 3 N–H and O–H groups in total. The zero-order valence-corrected chi connectivity index (χ0v) is 12.5. The van der Waals surface area contributed by atoms with Crippen molar-refractivity contribution < 1.29 is 8.42 Å². The van der Waals surface area contributed by atoms with Crippen molar-refractivity contribution in [3.63, 3.8) is 0 Å². The van der Waals surface area contributed by atoms with E-state index >= 15 is 0 Å². The number of nitrogens with zero attached hydrogens (tertiary/aromatic N) is 1. The summed E-state index contributed by atoms with van der Waals surface area (Å²) in [7, 11) is -1.69. The second-order valence-corrected chi connectivity index (χ2v) is 7.41.